The van der Waals surface area contributed by atoms with E-state index in [9.17, 15) is 4.79 Å². The molecule has 102 valence electrons. The van der Waals surface area contributed by atoms with Crippen LogP contribution in [-0.4, -0.2) is 17.7 Å². The summed E-state index contributed by atoms with van der Waals surface area (Å²) in [6.45, 7) is 7.50. The molecule has 1 aromatic carbocycles. The summed E-state index contributed by atoms with van der Waals surface area (Å²) in [5.41, 5.74) is 7.73. The van der Waals surface area contributed by atoms with Crippen molar-refractivity contribution < 1.29 is 9.53 Å². The number of carbonyl (C=O) groups excluding carboxylic acids is 1. The largest absolute Gasteiger partial charge is 0.443 e. The van der Waals surface area contributed by atoms with E-state index in [-0.39, 0.29) is 12.1 Å². The predicted molar refractivity (Wildman–Crippen MR) is 78.1 cm³/mol. The zero-order valence-electron chi connectivity index (χ0n) is 11.8. The first-order valence-electron chi connectivity index (χ1n) is 6.38. The molecule has 1 atom stereocenters. The number of para-hydroxylation sites is 1. The van der Waals surface area contributed by atoms with Crippen LogP contribution in [0.4, 0.5) is 16.2 Å². The van der Waals surface area contributed by atoms with Crippen LogP contribution in [0.3, 0.4) is 0 Å². The van der Waals surface area contributed by atoms with Gasteiger partial charge < -0.3 is 10.5 Å². The van der Waals surface area contributed by atoms with Crippen LogP contribution in [0.1, 0.15) is 33.3 Å². The van der Waals surface area contributed by atoms with E-state index in [1.165, 1.54) is 0 Å². The Kier molecular flexibility index (Phi) is 3.27. The predicted octanol–water partition coefficient (Wildman–Crippen LogP) is 3.43. The second kappa shape index (κ2) is 4.61. The summed E-state index contributed by atoms with van der Waals surface area (Å²) in [6.07, 6.45) is 3.58. The molecule has 0 saturated heterocycles. The topological polar surface area (TPSA) is 55.6 Å². The molecule has 1 aromatic rings. The van der Waals surface area contributed by atoms with Crippen LogP contribution in [0, 0.1) is 0 Å². The summed E-state index contributed by atoms with van der Waals surface area (Å²) in [4.78, 5) is 14.0. The van der Waals surface area contributed by atoms with Gasteiger partial charge in [0.1, 0.15) is 5.60 Å². The molecule has 0 bridgehead atoms. The van der Waals surface area contributed by atoms with E-state index >= 15 is 0 Å². The van der Waals surface area contributed by atoms with Crippen molar-refractivity contribution in [2.24, 2.45) is 0 Å². The number of anilines is 2. The number of nitrogens with two attached hydrogens (primary N) is 1. The summed E-state index contributed by atoms with van der Waals surface area (Å²) >= 11 is 0. The summed E-state index contributed by atoms with van der Waals surface area (Å²) in [5, 5.41) is 0. The molecule has 0 aromatic heterocycles. The lowest BCUT2D eigenvalue weighted by Gasteiger charge is -2.34. The summed E-state index contributed by atoms with van der Waals surface area (Å²) in [5.74, 6) is 0. The fraction of sp³-hybridized carbons (Fsp3) is 0.400. The molecule has 0 spiro atoms. The van der Waals surface area contributed by atoms with Crippen molar-refractivity contribution in [1.82, 2.24) is 0 Å². The van der Waals surface area contributed by atoms with Gasteiger partial charge in [0, 0.05) is 5.56 Å². The minimum absolute atomic E-state index is 0.0768. The van der Waals surface area contributed by atoms with Crippen LogP contribution in [-0.2, 0) is 4.74 Å². The number of fused-ring (bicyclic) bond motifs is 1. The highest BCUT2D eigenvalue weighted by molar-refractivity contribution is 5.98. The number of nitrogens with zero attached hydrogens (tertiary/aromatic N) is 1. The smallest absolute Gasteiger partial charge is 0.415 e. The molecular weight excluding hydrogens is 240 g/mol. The van der Waals surface area contributed by atoms with Crippen LogP contribution in [0.5, 0.6) is 0 Å². The van der Waals surface area contributed by atoms with Crippen molar-refractivity contribution in [2.75, 3.05) is 10.6 Å². The number of hydrogen-bond donors (Lipinski definition) is 1. The Morgan fingerprint density at radius 3 is 2.68 bits per heavy atom. The van der Waals surface area contributed by atoms with Crippen LogP contribution in [0.2, 0.25) is 0 Å². The Labute approximate surface area is 113 Å². The Balaban J connectivity index is 2.41. The van der Waals surface area contributed by atoms with Crippen LogP contribution in [0.15, 0.2) is 24.3 Å². The molecule has 1 unspecified atom stereocenters. The molecule has 1 amide bonds. The monoisotopic (exact) mass is 260 g/mol. The van der Waals surface area contributed by atoms with E-state index < -0.39 is 5.60 Å². The molecule has 4 heteroatoms. The Morgan fingerprint density at radius 1 is 1.37 bits per heavy atom. The van der Waals surface area contributed by atoms with Crippen molar-refractivity contribution in [3.8, 4) is 0 Å². The third-order valence-electron chi connectivity index (χ3n) is 2.89. The highest BCUT2D eigenvalue weighted by atomic mass is 16.6. The number of nitrogen functional groups attached to an aromatic ring is 1. The molecule has 1 heterocycles. The fourth-order valence-electron chi connectivity index (χ4n) is 2.09. The van der Waals surface area contributed by atoms with E-state index in [4.69, 9.17) is 10.5 Å². The maximum atomic E-state index is 12.4. The quantitative estimate of drug-likeness (QED) is 0.727. The number of amides is 1. The Morgan fingerprint density at radius 2 is 2.05 bits per heavy atom. The molecular formula is C15H20N2O2. The van der Waals surface area contributed by atoms with Gasteiger partial charge in [0.25, 0.3) is 0 Å². The normalized spacial score (nSPS) is 18.1. The zero-order valence-corrected chi connectivity index (χ0v) is 11.8. The third-order valence-corrected chi connectivity index (χ3v) is 2.89. The second-order valence-electron chi connectivity index (χ2n) is 5.74. The number of hydrogen-bond acceptors (Lipinski definition) is 3. The van der Waals surface area contributed by atoms with Gasteiger partial charge in [0.15, 0.2) is 0 Å². The Bertz CT molecular complexity index is 529. The average molecular weight is 260 g/mol. The summed E-state index contributed by atoms with van der Waals surface area (Å²) in [6, 6.07) is 5.53. The van der Waals surface area contributed by atoms with Gasteiger partial charge in [0.05, 0.1) is 17.4 Å². The third kappa shape index (κ3) is 2.72. The summed E-state index contributed by atoms with van der Waals surface area (Å²) in [7, 11) is 0. The number of benzene rings is 1. The molecule has 0 radical (unpaired) electrons. The lowest BCUT2D eigenvalue weighted by Crippen LogP contribution is -2.43. The van der Waals surface area contributed by atoms with Gasteiger partial charge in [-0.2, -0.15) is 0 Å². The number of ether oxygens (including phenoxy) is 1. The molecule has 2 rings (SSSR count). The van der Waals surface area contributed by atoms with Crippen molar-refractivity contribution in [1.29, 1.82) is 0 Å². The summed E-state index contributed by atoms with van der Waals surface area (Å²) < 4.78 is 5.46. The lowest BCUT2D eigenvalue weighted by atomic mass is 10.0. The van der Waals surface area contributed by atoms with Crippen LogP contribution >= 0.6 is 0 Å². The van der Waals surface area contributed by atoms with Crippen molar-refractivity contribution in [3.05, 3.63) is 29.8 Å². The molecule has 19 heavy (non-hydrogen) atoms. The van der Waals surface area contributed by atoms with Crippen LogP contribution in [0.25, 0.3) is 6.08 Å². The molecule has 2 N–H and O–H groups in total. The standard InChI is InChI=1S/C15H20N2O2/c1-10-8-9-11-6-5-7-12(16)13(11)17(10)14(18)19-15(2,3)4/h5-10H,16H2,1-4H3. The van der Waals surface area contributed by atoms with Gasteiger partial charge in [-0.25, -0.2) is 4.79 Å². The van der Waals surface area contributed by atoms with Gasteiger partial charge in [-0.1, -0.05) is 24.3 Å². The van der Waals surface area contributed by atoms with Gasteiger partial charge >= 0.3 is 6.09 Å². The molecule has 4 nitrogen and oxygen atoms in total. The van der Waals surface area contributed by atoms with Crippen molar-refractivity contribution >= 4 is 23.5 Å². The molecule has 1 aliphatic heterocycles. The van der Waals surface area contributed by atoms with E-state index in [0.29, 0.717) is 5.69 Å². The molecule has 0 saturated carbocycles. The van der Waals surface area contributed by atoms with Crippen LogP contribution < -0.4 is 10.6 Å². The molecule has 1 aliphatic rings. The highest BCUT2D eigenvalue weighted by Crippen LogP contribution is 2.35. The first-order valence-corrected chi connectivity index (χ1v) is 6.38. The minimum atomic E-state index is -0.526. The maximum absolute atomic E-state index is 12.4. The van der Waals surface area contributed by atoms with Crippen molar-refractivity contribution in [2.45, 2.75) is 39.3 Å². The van der Waals surface area contributed by atoms with Gasteiger partial charge in [0.2, 0.25) is 0 Å². The first kappa shape index (κ1) is 13.5. The average Bonchev–Trinajstić information content (AvgIpc) is 2.27. The Hall–Kier alpha value is -1.97. The fourth-order valence-corrected chi connectivity index (χ4v) is 2.09. The lowest BCUT2D eigenvalue weighted by molar-refractivity contribution is 0.0573. The second-order valence-corrected chi connectivity index (χ2v) is 5.74. The van der Waals surface area contributed by atoms with E-state index in [2.05, 4.69) is 0 Å². The SMILES string of the molecule is CC1C=Cc2cccc(N)c2N1C(=O)OC(C)(C)C. The van der Waals surface area contributed by atoms with Gasteiger partial charge in [-0.15, -0.1) is 0 Å². The zero-order chi connectivity index (χ0) is 14.2. The molecule has 0 fully saturated rings. The van der Waals surface area contributed by atoms with Gasteiger partial charge in [-0.05, 0) is 33.8 Å². The maximum Gasteiger partial charge on any atom is 0.415 e. The first-order chi connectivity index (χ1) is 8.79. The number of rotatable bonds is 0. The molecule has 0 aliphatic carbocycles. The van der Waals surface area contributed by atoms with E-state index in [1.54, 1.807) is 11.0 Å². The van der Waals surface area contributed by atoms with Crippen molar-refractivity contribution in [3.63, 3.8) is 0 Å². The van der Waals surface area contributed by atoms with Gasteiger partial charge in [-0.3, -0.25) is 4.90 Å². The highest BCUT2D eigenvalue weighted by Gasteiger charge is 2.30. The van der Waals surface area contributed by atoms with E-state index in [1.807, 2.05) is 52.0 Å². The van der Waals surface area contributed by atoms with E-state index in [0.717, 1.165) is 11.3 Å². The number of carbonyl (C=O) groups is 1. The minimum Gasteiger partial charge on any atom is -0.443 e.